The SMILES string of the molecule is CCOc1ccc2c(c1F)C(F)(F)C(F)(F)c1c-2ccc(C=O)c1F. The van der Waals surface area contributed by atoms with E-state index in [9.17, 15) is 31.1 Å². The van der Waals surface area contributed by atoms with Crippen LogP contribution < -0.4 is 4.74 Å². The van der Waals surface area contributed by atoms with Gasteiger partial charge in [0.1, 0.15) is 5.82 Å². The zero-order valence-electron chi connectivity index (χ0n) is 12.7. The van der Waals surface area contributed by atoms with Crippen LogP contribution in [0.25, 0.3) is 11.1 Å². The molecule has 0 spiro atoms. The molecule has 0 unspecified atom stereocenters. The molecule has 8 heteroatoms. The molecule has 0 radical (unpaired) electrons. The van der Waals surface area contributed by atoms with Crippen LogP contribution in [0.2, 0.25) is 0 Å². The zero-order chi connectivity index (χ0) is 18.6. The first-order valence-corrected chi connectivity index (χ1v) is 7.18. The van der Waals surface area contributed by atoms with Crippen molar-refractivity contribution in [3.63, 3.8) is 0 Å². The Bertz CT molecular complexity index is 876. The molecule has 0 amide bonds. The topological polar surface area (TPSA) is 26.3 Å². The van der Waals surface area contributed by atoms with Crippen LogP contribution in [0.4, 0.5) is 26.3 Å². The first-order chi connectivity index (χ1) is 11.7. The summed E-state index contributed by atoms with van der Waals surface area (Å²) in [6.45, 7) is 1.41. The van der Waals surface area contributed by atoms with Crippen LogP contribution in [0.15, 0.2) is 24.3 Å². The number of fused-ring (bicyclic) bond motifs is 3. The van der Waals surface area contributed by atoms with Gasteiger partial charge in [-0.05, 0) is 36.2 Å². The Morgan fingerprint density at radius 2 is 1.44 bits per heavy atom. The third-order valence-electron chi connectivity index (χ3n) is 4.02. The molecular weight excluding hydrogens is 350 g/mol. The summed E-state index contributed by atoms with van der Waals surface area (Å²) in [6, 6.07) is 3.74. The second-order valence-electron chi connectivity index (χ2n) is 5.39. The fraction of sp³-hybridized carbons (Fsp3) is 0.235. The van der Waals surface area contributed by atoms with Crippen LogP contribution in [-0.2, 0) is 11.8 Å². The van der Waals surface area contributed by atoms with Crippen LogP contribution in [-0.4, -0.2) is 12.9 Å². The van der Waals surface area contributed by atoms with Crippen LogP contribution in [0.1, 0.15) is 28.4 Å². The highest BCUT2D eigenvalue weighted by Crippen LogP contribution is 2.59. The van der Waals surface area contributed by atoms with Crippen LogP contribution in [0, 0.1) is 11.6 Å². The molecule has 0 N–H and O–H groups in total. The smallest absolute Gasteiger partial charge is 0.343 e. The fourth-order valence-corrected chi connectivity index (χ4v) is 2.88. The summed E-state index contributed by atoms with van der Waals surface area (Å²) in [5, 5.41) is 0. The van der Waals surface area contributed by atoms with Gasteiger partial charge in [0.05, 0.1) is 23.3 Å². The first kappa shape index (κ1) is 17.3. The summed E-state index contributed by atoms with van der Waals surface area (Å²) in [5.41, 5.74) is -5.16. The lowest BCUT2D eigenvalue weighted by Gasteiger charge is -2.35. The Balaban J connectivity index is 2.44. The molecule has 25 heavy (non-hydrogen) atoms. The van der Waals surface area contributed by atoms with Gasteiger partial charge in [-0.3, -0.25) is 4.79 Å². The lowest BCUT2D eigenvalue weighted by atomic mass is 9.79. The number of halogens is 6. The normalized spacial score (nSPS) is 16.8. The van der Waals surface area contributed by atoms with Crippen molar-refractivity contribution in [3.8, 4) is 16.9 Å². The first-order valence-electron chi connectivity index (χ1n) is 7.18. The average molecular weight is 360 g/mol. The van der Waals surface area contributed by atoms with Crippen molar-refractivity contribution in [2.24, 2.45) is 0 Å². The van der Waals surface area contributed by atoms with E-state index in [0.29, 0.717) is 0 Å². The van der Waals surface area contributed by atoms with E-state index in [-0.39, 0.29) is 12.9 Å². The molecule has 0 aromatic heterocycles. The molecule has 132 valence electrons. The molecule has 0 saturated heterocycles. The zero-order valence-corrected chi connectivity index (χ0v) is 12.7. The summed E-state index contributed by atoms with van der Waals surface area (Å²) in [5.74, 6) is -14.1. The highest BCUT2D eigenvalue weighted by molar-refractivity contribution is 5.83. The Kier molecular flexibility index (Phi) is 3.81. The van der Waals surface area contributed by atoms with Gasteiger partial charge < -0.3 is 4.74 Å². The highest BCUT2D eigenvalue weighted by Gasteiger charge is 2.65. The molecule has 0 fully saturated rings. The van der Waals surface area contributed by atoms with Crippen molar-refractivity contribution in [1.29, 1.82) is 0 Å². The number of aldehydes is 1. The molecule has 0 bridgehead atoms. The Hall–Kier alpha value is -2.51. The number of hydrogen-bond donors (Lipinski definition) is 0. The maximum absolute atomic E-state index is 14.4. The number of hydrogen-bond acceptors (Lipinski definition) is 2. The number of rotatable bonds is 3. The quantitative estimate of drug-likeness (QED) is 0.566. The lowest BCUT2D eigenvalue weighted by Crippen LogP contribution is -2.41. The van der Waals surface area contributed by atoms with Gasteiger partial charge in [-0.1, -0.05) is 6.07 Å². The molecule has 0 saturated carbocycles. The van der Waals surface area contributed by atoms with E-state index in [1.165, 1.54) is 6.92 Å². The maximum atomic E-state index is 14.4. The van der Waals surface area contributed by atoms with Crippen LogP contribution >= 0.6 is 0 Å². The molecule has 2 aromatic rings. The molecular formula is C17H10F6O2. The van der Waals surface area contributed by atoms with Gasteiger partial charge in [0.2, 0.25) is 0 Å². The van der Waals surface area contributed by atoms with E-state index in [2.05, 4.69) is 0 Å². The standard InChI is InChI=1S/C17H10F6O2/c1-2-25-11-6-5-10-9-4-3-8(7-24)14(18)12(9)16(20,21)17(22,23)13(10)15(11)19/h3-7H,2H2,1H3. The van der Waals surface area contributed by atoms with E-state index in [0.717, 1.165) is 24.3 Å². The van der Waals surface area contributed by atoms with Crippen molar-refractivity contribution >= 4 is 6.29 Å². The summed E-state index contributed by atoms with van der Waals surface area (Å²) in [6.07, 6.45) is -0.0574. The van der Waals surface area contributed by atoms with E-state index in [4.69, 9.17) is 4.74 Å². The fourth-order valence-electron chi connectivity index (χ4n) is 2.88. The van der Waals surface area contributed by atoms with E-state index >= 15 is 0 Å². The van der Waals surface area contributed by atoms with Crippen molar-refractivity contribution in [3.05, 3.63) is 52.6 Å². The number of carbonyl (C=O) groups is 1. The number of ether oxygens (including phenoxy) is 1. The Morgan fingerprint density at radius 1 is 0.920 bits per heavy atom. The molecule has 0 aliphatic heterocycles. The van der Waals surface area contributed by atoms with Gasteiger partial charge in [-0.15, -0.1) is 0 Å². The minimum atomic E-state index is -5.05. The Labute approximate surface area is 138 Å². The average Bonchev–Trinajstić information content (AvgIpc) is 2.54. The predicted octanol–water partition coefficient (Wildman–Crippen LogP) is 5.04. The molecule has 1 aliphatic carbocycles. The largest absolute Gasteiger partial charge is 0.491 e. The summed E-state index contributed by atoms with van der Waals surface area (Å²) in [7, 11) is 0. The summed E-state index contributed by atoms with van der Waals surface area (Å²) >= 11 is 0. The molecule has 1 aliphatic rings. The van der Waals surface area contributed by atoms with Crippen LogP contribution in [0.5, 0.6) is 5.75 Å². The second kappa shape index (κ2) is 5.50. The monoisotopic (exact) mass is 360 g/mol. The van der Waals surface area contributed by atoms with Crippen molar-refractivity contribution in [2.45, 2.75) is 18.8 Å². The van der Waals surface area contributed by atoms with E-state index < -0.39 is 57.0 Å². The Morgan fingerprint density at radius 3 is 1.96 bits per heavy atom. The predicted molar refractivity (Wildman–Crippen MR) is 76.1 cm³/mol. The number of benzene rings is 2. The number of alkyl halides is 4. The number of carbonyl (C=O) groups excluding carboxylic acids is 1. The second-order valence-corrected chi connectivity index (χ2v) is 5.39. The minimum Gasteiger partial charge on any atom is -0.491 e. The molecule has 0 heterocycles. The van der Waals surface area contributed by atoms with Gasteiger partial charge in [0.15, 0.2) is 17.9 Å². The van der Waals surface area contributed by atoms with E-state index in [1.54, 1.807) is 0 Å². The van der Waals surface area contributed by atoms with Crippen LogP contribution in [0.3, 0.4) is 0 Å². The minimum absolute atomic E-state index is 0.0574. The van der Waals surface area contributed by atoms with Crippen molar-refractivity contribution < 1.29 is 35.9 Å². The maximum Gasteiger partial charge on any atom is 0.343 e. The molecule has 3 rings (SSSR count). The van der Waals surface area contributed by atoms with Gasteiger partial charge in [0.25, 0.3) is 0 Å². The van der Waals surface area contributed by atoms with Gasteiger partial charge in [-0.2, -0.15) is 17.6 Å². The molecule has 0 atom stereocenters. The lowest BCUT2D eigenvalue weighted by molar-refractivity contribution is -0.227. The van der Waals surface area contributed by atoms with Crippen molar-refractivity contribution in [1.82, 2.24) is 0 Å². The third kappa shape index (κ3) is 2.16. The van der Waals surface area contributed by atoms with Gasteiger partial charge in [-0.25, -0.2) is 8.78 Å². The summed E-state index contributed by atoms with van der Waals surface area (Å²) < 4.78 is 91.2. The van der Waals surface area contributed by atoms with E-state index in [1.807, 2.05) is 0 Å². The third-order valence-corrected chi connectivity index (χ3v) is 4.02. The summed E-state index contributed by atoms with van der Waals surface area (Å²) in [4.78, 5) is 10.8. The van der Waals surface area contributed by atoms with Crippen molar-refractivity contribution in [2.75, 3.05) is 6.61 Å². The van der Waals surface area contributed by atoms with Gasteiger partial charge >= 0.3 is 11.8 Å². The van der Waals surface area contributed by atoms with Gasteiger partial charge in [0, 0.05) is 0 Å². The highest BCUT2D eigenvalue weighted by atomic mass is 19.3. The molecule has 2 aromatic carbocycles. The molecule has 2 nitrogen and oxygen atoms in total.